The Morgan fingerprint density at radius 2 is 2.14 bits per heavy atom. The van der Waals surface area contributed by atoms with E-state index in [0.717, 1.165) is 11.8 Å². The van der Waals surface area contributed by atoms with Crippen molar-refractivity contribution in [3.63, 3.8) is 0 Å². The van der Waals surface area contributed by atoms with Gasteiger partial charge in [-0.2, -0.15) is 4.98 Å². The number of amides is 1. The van der Waals surface area contributed by atoms with Gasteiger partial charge in [-0.05, 0) is 24.0 Å². The van der Waals surface area contributed by atoms with Crippen LogP contribution >= 0.6 is 11.6 Å². The zero-order chi connectivity index (χ0) is 15.9. The van der Waals surface area contributed by atoms with Crippen LogP contribution in [0.15, 0.2) is 29.4 Å². The Labute approximate surface area is 132 Å². The summed E-state index contributed by atoms with van der Waals surface area (Å²) in [5.74, 6) is -0.429. The van der Waals surface area contributed by atoms with E-state index in [2.05, 4.69) is 20.5 Å². The minimum absolute atomic E-state index is 0.0461. The predicted molar refractivity (Wildman–Crippen MR) is 80.4 cm³/mol. The molecule has 2 N–H and O–H groups in total. The lowest BCUT2D eigenvalue weighted by molar-refractivity contribution is -0.117. The maximum absolute atomic E-state index is 12.1. The molecule has 0 bridgehead atoms. The molecule has 1 aliphatic carbocycles. The largest absolute Gasteiger partial charge is 0.293 e. The van der Waals surface area contributed by atoms with Crippen molar-refractivity contribution in [1.82, 2.24) is 15.2 Å². The van der Waals surface area contributed by atoms with Gasteiger partial charge in [0.1, 0.15) is 0 Å². The van der Waals surface area contributed by atoms with Gasteiger partial charge in [0.25, 0.3) is 0 Å². The Bertz CT molecular complexity index is 833. The standard InChI is InChI=1S/C13H13ClN4O3S/c1-22(20,21)13-16-12(17-18-13)15-11(19)9-6-8(9)7-4-2-3-5-10(7)14/h2-5,8-9H,6H2,1H3,(H2,15,16,17,18,19)/t8-,9-/m1/s1. The lowest BCUT2D eigenvalue weighted by atomic mass is 10.1. The lowest BCUT2D eigenvalue weighted by Crippen LogP contribution is -2.15. The van der Waals surface area contributed by atoms with Crippen LogP contribution in [0.1, 0.15) is 17.9 Å². The number of nitrogens with one attached hydrogen (secondary N) is 2. The first-order chi connectivity index (χ1) is 10.4. The van der Waals surface area contributed by atoms with Gasteiger partial charge in [-0.25, -0.2) is 13.5 Å². The molecule has 1 heterocycles. The summed E-state index contributed by atoms with van der Waals surface area (Å²) in [4.78, 5) is 15.9. The van der Waals surface area contributed by atoms with Crippen molar-refractivity contribution >= 4 is 33.3 Å². The van der Waals surface area contributed by atoms with Gasteiger partial charge in [0.2, 0.25) is 26.8 Å². The van der Waals surface area contributed by atoms with Gasteiger partial charge in [-0.1, -0.05) is 29.8 Å². The second-order valence-corrected chi connectivity index (χ2v) is 7.53. The Hall–Kier alpha value is -1.93. The van der Waals surface area contributed by atoms with Crippen LogP contribution in [0.3, 0.4) is 0 Å². The van der Waals surface area contributed by atoms with Crippen molar-refractivity contribution in [2.45, 2.75) is 17.5 Å². The molecule has 1 fully saturated rings. The number of aromatic amines is 1. The van der Waals surface area contributed by atoms with Crippen LogP contribution in [-0.2, 0) is 14.6 Å². The van der Waals surface area contributed by atoms with Gasteiger partial charge >= 0.3 is 0 Å². The highest BCUT2D eigenvalue weighted by Gasteiger charge is 2.45. The summed E-state index contributed by atoms with van der Waals surface area (Å²) in [6.07, 6.45) is 1.70. The number of halogens is 1. The molecule has 116 valence electrons. The van der Waals surface area contributed by atoms with E-state index in [9.17, 15) is 13.2 Å². The second-order valence-electron chi connectivity index (χ2n) is 5.20. The van der Waals surface area contributed by atoms with Crippen molar-refractivity contribution in [2.24, 2.45) is 5.92 Å². The van der Waals surface area contributed by atoms with Crippen LogP contribution < -0.4 is 5.32 Å². The summed E-state index contributed by atoms with van der Waals surface area (Å²) in [5, 5.41) is 8.83. The monoisotopic (exact) mass is 340 g/mol. The fourth-order valence-corrected chi connectivity index (χ4v) is 3.02. The molecule has 2 atom stereocenters. The molecule has 1 amide bonds. The van der Waals surface area contributed by atoms with E-state index in [0.29, 0.717) is 11.4 Å². The molecule has 9 heteroatoms. The number of hydrogen-bond acceptors (Lipinski definition) is 5. The first kappa shape index (κ1) is 15.0. The maximum Gasteiger partial charge on any atom is 0.249 e. The van der Waals surface area contributed by atoms with Crippen molar-refractivity contribution in [1.29, 1.82) is 0 Å². The van der Waals surface area contributed by atoms with E-state index in [1.807, 2.05) is 18.2 Å². The van der Waals surface area contributed by atoms with Gasteiger partial charge < -0.3 is 0 Å². The zero-order valence-electron chi connectivity index (χ0n) is 11.6. The first-order valence-corrected chi connectivity index (χ1v) is 8.81. The number of carbonyl (C=O) groups is 1. The van der Waals surface area contributed by atoms with E-state index in [1.54, 1.807) is 6.07 Å². The number of hydrogen-bond donors (Lipinski definition) is 2. The number of carbonyl (C=O) groups excluding carboxylic acids is 1. The molecule has 0 spiro atoms. The second kappa shape index (κ2) is 5.36. The molecule has 2 aromatic rings. The molecule has 0 unspecified atom stereocenters. The molecule has 22 heavy (non-hydrogen) atoms. The number of sulfone groups is 1. The first-order valence-electron chi connectivity index (χ1n) is 6.54. The van der Waals surface area contributed by atoms with Gasteiger partial charge in [-0.3, -0.25) is 10.1 Å². The third kappa shape index (κ3) is 2.97. The quantitative estimate of drug-likeness (QED) is 0.879. The molecular formula is C13H13ClN4O3S. The average Bonchev–Trinajstić information content (AvgIpc) is 3.09. The van der Waals surface area contributed by atoms with Crippen LogP contribution in [0.25, 0.3) is 0 Å². The SMILES string of the molecule is CS(=O)(=O)c1nc(NC(=O)[C@@H]2C[C@@H]2c2ccccc2Cl)n[nH]1. The number of benzene rings is 1. The third-order valence-electron chi connectivity index (χ3n) is 3.48. The van der Waals surface area contributed by atoms with Crippen LogP contribution in [0, 0.1) is 5.92 Å². The summed E-state index contributed by atoms with van der Waals surface area (Å²) >= 11 is 6.11. The van der Waals surface area contributed by atoms with E-state index in [4.69, 9.17) is 11.6 Å². The lowest BCUT2D eigenvalue weighted by Gasteiger charge is -2.03. The van der Waals surface area contributed by atoms with Crippen molar-refractivity contribution in [2.75, 3.05) is 11.6 Å². The van der Waals surface area contributed by atoms with Crippen molar-refractivity contribution < 1.29 is 13.2 Å². The van der Waals surface area contributed by atoms with Crippen LogP contribution in [-0.4, -0.2) is 35.8 Å². The molecule has 1 saturated carbocycles. The summed E-state index contributed by atoms with van der Waals surface area (Å²) < 4.78 is 22.6. The number of aromatic nitrogens is 3. The summed E-state index contributed by atoms with van der Waals surface area (Å²) in [7, 11) is -3.48. The van der Waals surface area contributed by atoms with Crippen LogP contribution in [0.5, 0.6) is 0 Å². The fraction of sp³-hybridized carbons (Fsp3) is 0.308. The highest BCUT2D eigenvalue weighted by molar-refractivity contribution is 7.90. The van der Waals surface area contributed by atoms with E-state index >= 15 is 0 Å². The Morgan fingerprint density at radius 3 is 2.77 bits per heavy atom. The summed E-state index contributed by atoms with van der Waals surface area (Å²) in [6.45, 7) is 0. The Kier molecular flexibility index (Phi) is 3.65. The third-order valence-corrected chi connectivity index (χ3v) is 4.71. The maximum atomic E-state index is 12.1. The fourth-order valence-electron chi connectivity index (χ4n) is 2.28. The number of anilines is 1. The molecule has 0 radical (unpaired) electrons. The summed E-state index contributed by atoms with van der Waals surface area (Å²) in [5.41, 5.74) is 0.941. The smallest absolute Gasteiger partial charge is 0.249 e. The van der Waals surface area contributed by atoms with Gasteiger partial charge in [0, 0.05) is 17.2 Å². The highest BCUT2D eigenvalue weighted by Crippen LogP contribution is 2.49. The van der Waals surface area contributed by atoms with E-state index in [-0.39, 0.29) is 28.8 Å². The zero-order valence-corrected chi connectivity index (χ0v) is 13.1. The van der Waals surface area contributed by atoms with Gasteiger partial charge in [0.05, 0.1) is 0 Å². The van der Waals surface area contributed by atoms with E-state index in [1.165, 1.54) is 0 Å². The molecule has 1 aliphatic rings. The van der Waals surface area contributed by atoms with Gasteiger partial charge in [-0.15, -0.1) is 5.10 Å². The van der Waals surface area contributed by atoms with Crippen LogP contribution in [0.2, 0.25) is 5.02 Å². The van der Waals surface area contributed by atoms with Crippen molar-refractivity contribution in [3.05, 3.63) is 34.9 Å². The molecule has 1 aromatic heterocycles. The van der Waals surface area contributed by atoms with Gasteiger partial charge in [0.15, 0.2) is 0 Å². The normalized spacial score (nSPS) is 20.6. The predicted octanol–water partition coefficient (Wildman–Crippen LogP) is 1.60. The average molecular weight is 341 g/mol. The number of H-pyrrole nitrogens is 1. The highest BCUT2D eigenvalue weighted by atomic mass is 35.5. The molecule has 3 rings (SSSR count). The topological polar surface area (TPSA) is 105 Å². The Morgan fingerprint density at radius 1 is 1.41 bits per heavy atom. The number of rotatable bonds is 4. The molecule has 7 nitrogen and oxygen atoms in total. The minimum atomic E-state index is -3.48. The number of nitrogens with zero attached hydrogens (tertiary/aromatic N) is 2. The van der Waals surface area contributed by atoms with E-state index < -0.39 is 9.84 Å². The molecule has 1 aromatic carbocycles. The molecular weight excluding hydrogens is 328 g/mol. The molecule has 0 saturated heterocycles. The van der Waals surface area contributed by atoms with Crippen LogP contribution in [0.4, 0.5) is 5.95 Å². The summed E-state index contributed by atoms with van der Waals surface area (Å²) in [6, 6.07) is 7.40. The minimum Gasteiger partial charge on any atom is -0.293 e. The molecule has 0 aliphatic heterocycles. The Balaban J connectivity index is 1.67. The van der Waals surface area contributed by atoms with Crippen molar-refractivity contribution in [3.8, 4) is 0 Å².